The van der Waals surface area contributed by atoms with Gasteiger partial charge in [-0.05, 0) is 20.1 Å². The van der Waals surface area contributed by atoms with Crippen molar-refractivity contribution >= 4 is 0 Å². The van der Waals surface area contributed by atoms with Crippen molar-refractivity contribution in [3.63, 3.8) is 0 Å². The molecule has 1 unspecified atom stereocenters. The molecule has 1 saturated heterocycles. The van der Waals surface area contributed by atoms with Gasteiger partial charge in [-0.1, -0.05) is 13.8 Å². The monoisotopic (exact) mass is 172 g/mol. The maximum Gasteiger partial charge on any atom is 0.0638 e. The van der Waals surface area contributed by atoms with E-state index in [-0.39, 0.29) is 0 Å². The lowest BCUT2D eigenvalue weighted by Gasteiger charge is -2.29. The molecule has 0 bridgehead atoms. The molecule has 0 spiro atoms. The molecule has 1 heterocycles. The molecule has 0 aromatic heterocycles. The minimum absolute atomic E-state index is 0.518. The average molecular weight is 172 g/mol. The van der Waals surface area contributed by atoms with E-state index in [2.05, 4.69) is 24.1 Å². The minimum atomic E-state index is 0.518. The van der Waals surface area contributed by atoms with Crippen molar-refractivity contribution in [1.82, 2.24) is 10.2 Å². The topological polar surface area (TPSA) is 24.5 Å². The van der Waals surface area contributed by atoms with Gasteiger partial charge in [-0.2, -0.15) is 0 Å². The van der Waals surface area contributed by atoms with Gasteiger partial charge in [-0.3, -0.25) is 4.90 Å². The summed E-state index contributed by atoms with van der Waals surface area (Å²) < 4.78 is 5.44. The van der Waals surface area contributed by atoms with Crippen LogP contribution < -0.4 is 5.32 Å². The summed E-state index contributed by atoms with van der Waals surface area (Å²) in [5.41, 5.74) is 0. The molecule has 1 rings (SSSR count). The zero-order valence-electron chi connectivity index (χ0n) is 8.34. The first-order valence-electron chi connectivity index (χ1n) is 4.82. The molecule has 3 nitrogen and oxygen atoms in total. The maximum atomic E-state index is 5.44. The number of hydrogen-bond donors (Lipinski definition) is 1. The fourth-order valence-electron chi connectivity index (χ4n) is 1.87. The van der Waals surface area contributed by atoms with Crippen LogP contribution in [-0.2, 0) is 4.74 Å². The summed E-state index contributed by atoms with van der Waals surface area (Å²) in [6.45, 7) is 8.37. The zero-order chi connectivity index (χ0) is 8.97. The van der Waals surface area contributed by atoms with Crippen molar-refractivity contribution in [2.75, 3.05) is 33.4 Å². The Morgan fingerprint density at radius 3 is 2.50 bits per heavy atom. The standard InChI is InChI=1S/C9H20N2O/c1-4-11(5-2)9-7-12-6-8(9)10-3/h8-10H,4-7H2,1-3H3/t8-,9?/m0/s1. The highest BCUT2D eigenvalue weighted by atomic mass is 16.5. The molecule has 2 atom stereocenters. The number of nitrogens with one attached hydrogen (secondary N) is 1. The molecule has 1 aliphatic heterocycles. The van der Waals surface area contributed by atoms with E-state index in [9.17, 15) is 0 Å². The molecular weight excluding hydrogens is 152 g/mol. The van der Waals surface area contributed by atoms with Crippen LogP contribution in [0.5, 0.6) is 0 Å². The Labute approximate surface area is 75.1 Å². The van der Waals surface area contributed by atoms with Gasteiger partial charge in [0.05, 0.1) is 19.3 Å². The summed E-state index contributed by atoms with van der Waals surface area (Å²) in [5, 5.41) is 3.30. The van der Waals surface area contributed by atoms with Crippen molar-refractivity contribution in [2.45, 2.75) is 25.9 Å². The van der Waals surface area contributed by atoms with Crippen LogP contribution in [0.25, 0.3) is 0 Å². The Balaban J connectivity index is 2.47. The minimum Gasteiger partial charge on any atom is -0.378 e. The van der Waals surface area contributed by atoms with E-state index in [1.54, 1.807) is 0 Å². The molecule has 3 heteroatoms. The second-order valence-electron chi connectivity index (χ2n) is 3.22. The molecule has 0 amide bonds. The van der Waals surface area contributed by atoms with Crippen molar-refractivity contribution in [3.8, 4) is 0 Å². The van der Waals surface area contributed by atoms with Gasteiger partial charge in [0.1, 0.15) is 0 Å². The Bertz CT molecular complexity index is 126. The average Bonchev–Trinajstić information content (AvgIpc) is 2.55. The SMILES string of the molecule is CCN(CC)C1COC[C@@H]1NC. The Morgan fingerprint density at radius 2 is 2.00 bits per heavy atom. The van der Waals surface area contributed by atoms with Crippen LogP contribution in [-0.4, -0.2) is 50.3 Å². The lowest BCUT2D eigenvalue weighted by molar-refractivity contribution is 0.150. The third kappa shape index (κ3) is 1.97. The molecule has 1 N–H and O–H groups in total. The van der Waals surface area contributed by atoms with E-state index in [1.807, 2.05) is 7.05 Å². The van der Waals surface area contributed by atoms with Crippen LogP contribution in [0.1, 0.15) is 13.8 Å². The van der Waals surface area contributed by atoms with Gasteiger partial charge in [0.25, 0.3) is 0 Å². The zero-order valence-corrected chi connectivity index (χ0v) is 8.34. The summed E-state index contributed by atoms with van der Waals surface area (Å²) in [6, 6.07) is 1.09. The van der Waals surface area contributed by atoms with E-state index in [4.69, 9.17) is 4.74 Å². The highest BCUT2D eigenvalue weighted by Crippen LogP contribution is 2.12. The van der Waals surface area contributed by atoms with Crippen LogP contribution in [0, 0.1) is 0 Å². The molecule has 72 valence electrons. The van der Waals surface area contributed by atoms with Crippen molar-refractivity contribution < 1.29 is 4.74 Å². The van der Waals surface area contributed by atoms with E-state index in [0.29, 0.717) is 12.1 Å². The molecule has 1 fully saturated rings. The van der Waals surface area contributed by atoms with Crippen molar-refractivity contribution in [3.05, 3.63) is 0 Å². The van der Waals surface area contributed by atoms with Gasteiger partial charge >= 0.3 is 0 Å². The van der Waals surface area contributed by atoms with E-state index in [1.165, 1.54) is 0 Å². The number of ether oxygens (including phenoxy) is 1. The molecule has 1 aliphatic rings. The highest BCUT2D eigenvalue weighted by Gasteiger charge is 2.30. The first-order valence-corrected chi connectivity index (χ1v) is 4.82. The molecule has 0 aromatic carbocycles. The normalized spacial score (nSPS) is 30.0. The predicted octanol–water partition coefficient (Wildman–Crippen LogP) is 0.315. The van der Waals surface area contributed by atoms with Gasteiger partial charge in [0.15, 0.2) is 0 Å². The summed E-state index contributed by atoms with van der Waals surface area (Å²) in [6.07, 6.45) is 0. The number of rotatable bonds is 4. The Morgan fingerprint density at radius 1 is 1.33 bits per heavy atom. The van der Waals surface area contributed by atoms with Gasteiger partial charge < -0.3 is 10.1 Å². The molecule has 0 aromatic rings. The van der Waals surface area contributed by atoms with Crippen molar-refractivity contribution in [1.29, 1.82) is 0 Å². The lowest BCUT2D eigenvalue weighted by Crippen LogP contribution is -2.48. The quantitative estimate of drug-likeness (QED) is 0.661. The first kappa shape index (κ1) is 9.96. The fourth-order valence-corrected chi connectivity index (χ4v) is 1.87. The lowest BCUT2D eigenvalue weighted by atomic mass is 10.1. The van der Waals surface area contributed by atoms with Gasteiger partial charge in [0.2, 0.25) is 0 Å². The third-order valence-corrected chi connectivity index (χ3v) is 2.70. The number of hydrogen-bond acceptors (Lipinski definition) is 3. The summed E-state index contributed by atoms with van der Waals surface area (Å²) in [5.74, 6) is 0. The first-order chi connectivity index (χ1) is 5.83. The van der Waals surface area contributed by atoms with E-state index < -0.39 is 0 Å². The van der Waals surface area contributed by atoms with Gasteiger partial charge in [-0.25, -0.2) is 0 Å². The smallest absolute Gasteiger partial charge is 0.0638 e. The van der Waals surface area contributed by atoms with Crippen molar-refractivity contribution in [2.24, 2.45) is 0 Å². The molecular formula is C9H20N2O. The largest absolute Gasteiger partial charge is 0.378 e. The third-order valence-electron chi connectivity index (χ3n) is 2.70. The summed E-state index contributed by atoms with van der Waals surface area (Å²) in [7, 11) is 2.01. The fraction of sp³-hybridized carbons (Fsp3) is 1.00. The molecule has 12 heavy (non-hydrogen) atoms. The van der Waals surface area contributed by atoms with E-state index >= 15 is 0 Å². The summed E-state index contributed by atoms with van der Waals surface area (Å²) in [4.78, 5) is 2.45. The molecule has 0 saturated carbocycles. The molecule has 0 aliphatic carbocycles. The van der Waals surface area contributed by atoms with Crippen LogP contribution >= 0.6 is 0 Å². The highest BCUT2D eigenvalue weighted by molar-refractivity contribution is 4.87. The van der Waals surface area contributed by atoms with Gasteiger partial charge in [-0.15, -0.1) is 0 Å². The van der Waals surface area contributed by atoms with Crippen LogP contribution in [0.4, 0.5) is 0 Å². The number of nitrogens with zero attached hydrogens (tertiary/aromatic N) is 1. The van der Waals surface area contributed by atoms with Crippen LogP contribution in [0.2, 0.25) is 0 Å². The molecule has 0 radical (unpaired) electrons. The maximum absolute atomic E-state index is 5.44. The van der Waals surface area contributed by atoms with Gasteiger partial charge in [0, 0.05) is 6.04 Å². The predicted molar refractivity (Wildman–Crippen MR) is 50.4 cm³/mol. The van der Waals surface area contributed by atoms with E-state index in [0.717, 1.165) is 26.3 Å². The Hall–Kier alpha value is -0.120. The summed E-state index contributed by atoms with van der Waals surface area (Å²) >= 11 is 0. The number of likely N-dealkylation sites (N-methyl/N-ethyl adjacent to an activating group) is 2. The second kappa shape index (κ2) is 4.80. The van der Waals surface area contributed by atoms with Crippen LogP contribution in [0.15, 0.2) is 0 Å². The Kier molecular flexibility index (Phi) is 3.98. The second-order valence-corrected chi connectivity index (χ2v) is 3.22. The van der Waals surface area contributed by atoms with Crippen LogP contribution in [0.3, 0.4) is 0 Å².